The lowest BCUT2D eigenvalue weighted by Crippen LogP contribution is -2.64. The van der Waals surface area contributed by atoms with Crippen molar-refractivity contribution in [1.29, 1.82) is 0 Å². The highest BCUT2D eigenvalue weighted by Gasteiger charge is 2.50. The van der Waals surface area contributed by atoms with Gasteiger partial charge in [0.15, 0.2) is 6.10 Å². The normalized spacial score (nSPS) is 22.6. The van der Waals surface area contributed by atoms with Gasteiger partial charge in [0.2, 0.25) is 0 Å². The lowest BCUT2D eigenvalue weighted by atomic mass is 9.85. The van der Waals surface area contributed by atoms with Gasteiger partial charge in [0, 0.05) is 12.8 Å². The predicted octanol–water partition coefficient (Wildman–Crippen LogP) is 7.47. The van der Waals surface area contributed by atoms with Gasteiger partial charge in [0.05, 0.1) is 6.61 Å². The molecule has 0 bridgehead atoms. The summed E-state index contributed by atoms with van der Waals surface area (Å²) in [7, 11) is -5.35. The molecule has 0 heterocycles. The van der Waals surface area contributed by atoms with Gasteiger partial charge in [-0.25, -0.2) is 0 Å². The number of esters is 2. The van der Waals surface area contributed by atoms with Gasteiger partial charge >= 0.3 is 11.9 Å². The first kappa shape index (κ1) is 54.8. The molecule has 1 rings (SSSR count). The second-order valence-electron chi connectivity index (χ2n) is 15.5. The Morgan fingerprint density at radius 3 is 1.21 bits per heavy atom. The summed E-state index contributed by atoms with van der Waals surface area (Å²) in [4.78, 5) is 37.9. The fourth-order valence-corrected chi connectivity index (χ4v) is 7.83. The highest BCUT2D eigenvalue weighted by Crippen LogP contribution is 2.43. The number of aliphatic hydroxyl groups is 5. The Bertz CT molecular complexity index is 993. The standard InChI is InChI=1S/C41H79O13P.H3N/c1-3-5-7-9-11-13-15-17-19-21-23-25-27-29-34(42)51-31-33(32-52-55(49,50)54-41-39(47)37(45)36(44)38(46)40(41)48)53-35(43)30-28-26-24-22-20-18-16-14-12-10-8-6-4-2;/h33,36-41,44-48H,3-32H2,1-2H3,(H,49,50);1H3/t33-,36?,37-,38+,39-,40-,41?;/m1./s1. The lowest BCUT2D eigenvalue weighted by Gasteiger charge is -2.43. The van der Waals surface area contributed by atoms with Crippen molar-refractivity contribution in [2.24, 2.45) is 0 Å². The van der Waals surface area contributed by atoms with Gasteiger partial charge in [-0.2, -0.15) is 0 Å². The number of rotatable bonds is 36. The number of unbranched alkanes of at least 4 members (excludes halogenated alkanes) is 24. The molecule has 9 N–H and O–H groups in total. The molecule has 15 heteroatoms. The number of ether oxygens (including phenoxy) is 2. The summed E-state index contributed by atoms with van der Waals surface area (Å²) < 4.78 is 33.1. The van der Waals surface area contributed by atoms with Gasteiger partial charge in [-0.1, -0.05) is 168 Å². The van der Waals surface area contributed by atoms with Crippen molar-refractivity contribution in [3.63, 3.8) is 0 Å². The van der Waals surface area contributed by atoms with E-state index >= 15 is 0 Å². The molecule has 14 nitrogen and oxygen atoms in total. The Kier molecular flexibility index (Phi) is 33.9. The molecule has 56 heavy (non-hydrogen) atoms. The van der Waals surface area contributed by atoms with Gasteiger partial charge in [0.25, 0.3) is 7.82 Å². The van der Waals surface area contributed by atoms with Crippen molar-refractivity contribution in [2.75, 3.05) is 13.2 Å². The predicted molar refractivity (Wildman–Crippen MR) is 216 cm³/mol. The second kappa shape index (κ2) is 34.7. The van der Waals surface area contributed by atoms with Crippen molar-refractivity contribution in [3.05, 3.63) is 0 Å². The van der Waals surface area contributed by atoms with Crippen molar-refractivity contribution in [2.45, 2.75) is 236 Å². The highest BCUT2D eigenvalue weighted by atomic mass is 31.2. The average molecular weight is 828 g/mol. The van der Waals surface area contributed by atoms with Crippen LogP contribution in [0.25, 0.3) is 0 Å². The SMILES string of the molecule is CCCCCCCCCCCCCCCC(=O)OC[C@H](COP(=O)([O-])OC1[C@H](O)[C@H](O)C(O)[C@H](O)[C@H]1O)OC(=O)CCCCCCCCCCCCCCC.[NH4+]. The molecular formula is C41H82NO13P. The number of carbonyl (C=O) groups is 2. The smallest absolute Gasteiger partial charge is 0.306 e. The maximum Gasteiger partial charge on any atom is 0.306 e. The van der Waals surface area contributed by atoms with E-state index < -0.39 is 75.7 Å². The van der Waals surface area contributed by atoms with Gasteiger partial charge in [-0.15, -0.1) is 0 Å². The van der Waals surface area contributed by atoms with E-state index in [1.807, 2.05) is 0 Å². The molecule has 1 aliphatic rings. The fraction of sp³-hybridized carbons (Fsp3) is 0.951. The van der Waals surface area contributed by atoms with Crippen molar-refractivity contribution in [3.8, 4) is 0 Å². The molecule has 0 saturated heterocycles. The zero-order valence-corrected chi connectivity index (χ0v) is 36.1. The summed E-state index contributed by atoms with van der Waals surface area (Å²) in [6.07, 6.45) is 16.9. The number of aliphatic hydroxyl groups excluding tert-OH is 5. The van der Waals surface area contributed by atoms with Crippen LogP contribution in [0, 0.1) is 0 Å². The highest BCUT2D eigenvalue weighted by molar-refractivity contribution is 7.45. The molecule has 1 aliphatic carbocycles. The van der Waals surface area contributed by atoms with Crippen LogP contribution < -0.4 is 11.0 Å². The molecule has 334 valence electrons. The number of phosphoric acid groups is 1. The minimum atomic E-state index is -5.35. The lowest BCUT2D eigenvalue weighted by molar-refractivity contribution is -0.261. The van der Waals surface area contributed by atoms with Crippen molar-refractivity contribution < 1.29 is 63.1 Å². The van der Waals surface area contributed by atoms with E-state index in [-0.39, 0.29) is 19.0 Å². The molecule has 3 unspecified atom stereocenters. The Morgan fingerprint density at radius 2 is 0.839 bits per heavy atom. The van der Waals surface area contributed by atoms with Crippen LogP contribution in [-0.2, 0) is 32.7 Å². The van der Waals surface area contributed by atoms with Crippen molar-refractivity contribution in [1.82, 2.24) is 6.15 Å². The quantitative estimate of drug-likeness (QED) is 0.0204. The first-order valence-electron chi connectivity index (χ1n) is 21.8. The Morgan fingerprint density at radius 1 is 0.518 bits per heavy atom. The number of hydrogen-bond donors (Lipinski definition) is 6. The molecular weight excluding hydrogens is 745 g/mol. The van der Waals surface area contributed by atoms with Crippen LogP contribution in [-0.4, -0.2) is 93.4 Å². The third-order valence-corrected chi connectivity index (χ3v) is 11.4. The minimum absolute atomic E-state index is 0. The van der Waals surface area contributed by atoms with Crippen LogP contribution in [0.2, 0.25) is 0 Å². The first-order chi connectivity index (χ1) is 26.4. The summed E-state index contributed by atoms with van der Waals surface area (Å²) in [5.74, 6) is -1.12. The van der Waals surface area contributed by atoms with Gasteiger partial charge in [-0.3, -0.25) is 14.2 Å². The van der Waals surface area contributed by atoms with Crippen LogP contribution in [0.5, 0.6) is 0 Å². The van der Waals surface area contributed by atoms with Crippen LogP contribution in [0.1, 0.15) is 194 Å². The summed E-state index contributed by atoms with van der Waals surface area (Å²) in [6.45, 7) is 3.20. The zero-order valence-electron chi connectivity index (χ0n) is 35.2. The van der Waals surface area contributed by atoms with E-state index in [1.54, 1.807) is 0 Å². The van der Waals surface area contributed by atoms with Crippen LogP contribution in [0.3, 0.4) is 0 Å². The summed E-state index contributed by atoms with van der Waals surface area (Å²) in [5, 5.41) is 49.9. The monoisotopic (exact) mass is 828 g/mol. The van der Waals surface area contributed by atoms with Gasteiger partial charge in [-0.05, 0) is 12.8 Å². The van der Waals surface area contributed by atoms with Gasteiger partial charge in [0.1, 0.15) is 43.2 Å². The summed E-state index contributed by atoms with van der Waals surface area (Å²) in [6, 6.07) is 0. The molecule has 0 aromatic carbocycles. The Hall–Kier alpha value is -1.19. The molecule has 8 atom stereocenters. The van der Waals surface area contributed by atoms with E-state index in [4.69, 9.17) is 18.5 Å². The van der Waals surface area contributed by atoms with Crippen LogP contribution >= 0.6 is 7.82 Å². The van der Waals surface area contributed by atoms with Crippen LogP contribution in [0.4, 0.5) is 0 Å². The van der Waals surface area contributed by atoms with E-state index in [1.165, 1.54) is 109 Å². The maximum atomic E-state index is 12.7. The average Bonchev–Trinajstić information content (AvgIpc) is 3.16. The molecule has 1 fully saturated rings. The molecule has 0 radical (unpaired) electrons. The topological polar surface area (TPSA) is 249 Å². The summed E-state index contributed by atoms with van der Waals surface area (Å²) in [5.41, 5.74) is 0. The largest absolute Gasteiger partial charge is 0.756 e. The molecule has 0 spiro atoms. The van der Waals surface area contributed by atoms with E-state index in [0.717, 1.165) is 44.9 Å². The summed E-state index contributed by atoms with van der Waals surface area (Å²) >= 11 is 0. The second-order valence-corrected chi connectivity index (χ2v) is 16.9. The van der Waals surface area contributed by atoms with E-state index in [0.29, 0.717) is 12.8 Å². The van der Waals surface area contributed by atoms with E-state index in [2.05, 4.69) is 13.8 Å². The number of hydrogen-bond acceptors (Lipinski definition) is 13. The van der Waals surface area contributed by atoms with Crippen LogP contribution in [0.15, 0.2) is 0 Å². The minimum Gasteiger partial charge on any atom is -0.756 e. The van der Waals surface area contributed by atoms with Gasteiger partial charge < -0.3 is 55.1 Å². The zero-order chi connectivity index (χ0) is 40.7. The molecule has 0 amide bonds. The number of carbonyl (C=O) groups excluding carboxylic acids is 2. The maximum absolute atomic E-state index is 12.7. The Labute approximate surface area is 338 Å². The third kappa shape index (κ3) is 26.7. The third-order valence-electron chi connectivity index (χ3n) is 10.4. The fourth-order valence-electron chi connectivity index (χ4n) is 6.87. The molecule has 0 aliphatic heterocycles. The van der Waals surface area contributed by atoms with E-state index in [9.17, 15) is 44.6 Å². The Balaban J connectivity index is 0.0000302. The number of phosphoric ester groups is 1. The van der Waals surface area contributed by atoms with Crippen molar-refractivity contribution >= 4 is 19.8 Å². The molecule has 0 aromatic rings. The molecule has 1 saturated carbocycles. The molecule has 0 aromatic heterocycles. The first-order valence-corrected chi connectivity index (χ1v) is 23.3. The number of quaternary nitrogens is 1.